The van der Waals surface area contributed by atoms with Gasteiger partial charge in [0.1, 0.15) is 5.75 Å². The van der Waals surface area contributed by atoms with Crippen molar-refractivity contribution < 1.29 is 27.5 Å². The average molecular weight is 435 g/mol. The van der Waals surface area contributed by atoms with Gasteiger partial charge in [-0.25, -0.2) is 4.79 Å². The Kier molecular flexibility index (Phi) is 7.04. The summed E-state index contributed by atoms with van der Waals surface area (Å²) in [5.74, 6) is -0.495. The second-order valence-corrected chi connectivity index (χ2v) is 7.31. The molecule has 0 saturated carbocycles. The number of urea groups is 1. The van der Waals surface area contributed by atoms with Crippen LogP contribution >= 0.6 is 0 Å². The Balaban J connectivity index is 1.53. The SMILES string of the molecule is CN(Cc1ccccc1)C(=O)NCCC(=O)N1CCCc2cc(OC(F)(F)F)ccc21. The Morgan fingerprint density at radius 3 is 2.61 bits per heavy atom. The Morgan fingerprint density at radius 2 is 1.90 bits per heavy atom. The Morgan fingerprint density at radius 1 is 1.16 bits per heavy atom. The molecule has 0 atom stereocenters. The van der Waals surface area contributed by atoms with Crippen molar-refractivity contribution in [3.8, 4) is 5.75 Å². The fourth-order valence-electron chi connectivity index (χ4n) is 3.51. The van der Waals surface area contributed by atoms with E-state index in [0.717, 1.165) is 5.56 Å². The molecule has 0 bridgehead atoms. The molecule has 0 aliphatic carbocycles. The number of benzene rings is 2. The number of amides is 3. The molecule has 1 N–H and O–H groups in total. The normalized spacial score (nSPS) is 13.4. The molecule has 0 spiro atoms. The van der Waals surface area contributed by atoms with Crippen LogP contribution in [-0.4, -0.2) is 43.3 Å². The van der Waals surface area contributed by atoms with Gasteiger partial charge in [-0.05, 0) is 42.2 Å². The van der Waals surface area contributed by atoms with Crippen molar-refractivity contribution in [2.75, 3.05) is 25.0 Å². The minimum absolute atomic E-state index is 0.0885. The lowest BCUT2D eigenvalue weighted by Crippen LogP contribution is -2.40. The first-order valence-electron chi connectivity index (χ1n) is 9.95. The van der Waals surface area contributed by atoms with Crippen LogP contribution in [0.25, 0.3) is 0 Å². The average Bonchev–Trinajstić information content (AvgIpc) is 2.72. The van der Waals surface area contributed by atoms with Crippen molar-refractivity contribution in [1.29, 1.82) is 0 Å². The molecule has 2 aromatic rings. The number of hydrogen-bond donors (Lipinski definition) is 1. The van der Waals surface area contributed by atoms with Crippen LogP contribution < -0.4 is 15.0 Å². The summed E-state index contributed by atoms with van der Waals surface area (Å²) in [5.41, 5.74) is 2.21. The minimum Gasteiger partial charge on any atom is -0.406 e. The molecule has 166 valence electrons. The van der Waals surface area contributed by atoms with Crippen LogP contribution in [0.5, 0.6) is 5.75 Å². The van der Waals surface area contributed by atoms with Crippen molar-refractivity contribution in [1.82, 2.24) is 10.2 Å². The largest absolute Gasteiger partial charge is 0.573 e. The van der Waals surface area contributed by atoms with E-state index in [1.807, 2.05) is 30.3 Å². The lowest BCUT2D eigenvalue weighted by atomic mass is 10.0. The van der Waals surface area contributed by atoms with E-state index < -0.39 is 6.36 Å². The molecular formula is C22H24F3N3O3. The molecule has 1 aliphatic rings. The number of halogens is 3. The number of hydrogen-bond acceptors (Lipinski definition) is 3. The quantitative estimate of drug-likeness (QED) is 0.743. The molecule has 6 nitrogen and oxygen atoms in total. The number of nitrogens with one attached hydrogen (secondary N) is 1. The van der Waals surface area contributed by atoms with E-state index in [9.17, 15) is 22.8 Å². The number of fused-ring (bicyclic) bond motifs is 1. The third kappa shape index (κ3) is 6.37. The van der Waals surface area contributed by atoms with Gasteiger partial charge in [-0.1, -0.05) is 30.3 Å². The van der Waals surface area contributed by atoms with Gasteiger partial charge in [0.15, 0.2) is 0 Å². The van der Waals surface area contributed by atoms with Gasteiger partial charge in [-0.15, -0.1) is 13.2 Å². The molecule has 2 aromatic carbocycles. The third-order valence-corrected chi connectivity index (χ3v) is 4.93. The van der Waals surface area contributed by atoms with E-state index in [0.29, 0.717) is 37.2 Å². The van der Waals surface area contributed by atoms with Crippen LogP contribution in [0.3, 0.4) is 0 Å². The van der Waals surface area contributed by atoms with Gasteiger partial charge in [-0.2, -0.15) is 0 Å². The van der Waals surface area contributed by atoms with Gasteiger partial charge in [0.05, 0.1) is 0 Å². The van der Waals surface area contributed by atoms with Crippen LogP contribution in [0, 0.1) is 0 Å². The summed E-state index contributed by atoms with van der Waals surface area (Å²) in [7, 11) is 1.67. The summed E-state index contributed by atoms with van der Waals surface area (Å²) >= 11 is 0. The van der Waals surface area contributed by atoms with E-state index in [2.05, 4.69) is 10.1 Å². The second kappa shape index (κ2) is 9.72. The molecule has 0 radical (unpaired) electrons. The molecule has 0 aromatic heterocycles. The Hall–Kier alpha value is -3.23. The van der Waals surface area contributed by atoms with E-state index in [1.54, 1.807) is 11.9 Å². The maximum atomic E-state index is 12.7. The maximum absolute atomic E-state index is 12.7. The monoisotopic (exact) mass is 435 g/mol. The molecule has 3 rings (SSSR count). The first kappa shape index (κ1) is 22.5. The van der Waals surface area contributed by atoms with Crippen LogP contribution in [-0.2, 0) is 17.8 Å². The highest BCUT2D eigenvalue weighted by Crippen LogP contribution is 2.33. The first-order valence-corrected chi connectivity index (χ1v) is 9.95. The molecule has 1 aliphatic heterocycles. The van der Waals surface area contributed by atoms with Gasteiger partial charge in [-0.3, -0.25) is 4.79 Å². The van der Waals surface area contributed by atoms with Crippen LogP contribution in [0.2, 0.25) is 0 Å². The van der Waals surface area contributed by atoms with Crippen LogP contribution in [0.15, 0.2) is 48.5 Å². The van der Waals surface area contributed by atoms with Crippen molar-refractivity contribution in [3.63, 3.8) is 0 Å². The zero-order chi connectivity index (χ0) is 22.4. The van der Waals surface area contributed by atoms with Crippen LogP contribution in [0.1, 0.15) is 24.0 Å². The summed E-state index contributed by atoms with van der Waals surface area (Å²) in [4.78, 5) is 28.0. The molecule has 31 heavy (non-hydrogen) atoms. The predicted molar refractivity (Wildman–Crippen MR) is 110 cm³/mol. The molecule has 9 heteroatoms. The van der Waals surface area contributed by atoms with Gasteiger partial charge in [0.2, 0.25) is 5.91 Å². The van der Waals surface area contributed by atoms with Crippen LogP contribution in [0.4, 0.5) is 23.7 Å². The number of ether oxygens (including phenoxy) is 1. The van der Waals surface area contributed by atoms with E-state index >= 15 is 0 Å². The summed E-state index contributed by atoms with van der Waals surface area (Å²) in [6.07, 6.45) is -3.47. The highest BCUT2D eigenvalue weighted by atomic mass is 19.4. The number of carbonyl (C=O) groups excluding carboxylic acids is 2. The smallest absolute Gasteiger partial charge is 0.406 e. The zero-order valence-corrected chi connectivity index (χ0v) is 17.1. The summed E-state index contributed by atoms with van der Waals surface area (Å²) in [5, 5.41) is 2.73. The number of rotatable bonds is 6. The highest BCUT2D eigenvalue weighted by molar-refractivity contribution is 5.95. The molecule has 0 fully saturated rings. The zero-order valence-electron chi connectivity index (χ0n) is 17.1. The minimum atomic E-state index is -4.76. The standard InChI is InChI=1S/C22H24F3N3O3/c1-27(15-16-6-3-2-4-7-16)21(30)26-12-11-20(29)28-13-5-8-17-14-18(9-10-19(17)28)31-22(23,24)25/h2-4,6-7,9-10,14H,5,8,11-13,15H2,1H3,(H,26,30). The number of aryl methyl sites for hydroxylation is 1. The Bertz CT molecular complexity index is 919. The number of anilines is 1. The maximum Gasteiger partial charge on any atom is 0.573 e. The van der Waals surface area contributed by atoms with Gasteiger partial charge >= 0.3 is 12.4 Å². The lowest BCUT2D eigenvalue weighted by Gasteiger charge is -2.30. The second-order valence-electron chi connectivity index (χ2n) is 7.31. The Labute approximate surface area is 178 Å². The van der Waals surface area contributed by atoms with E-state index in [-0.39, 0.29) is 30.7 Å². The number of nitrogens with zero attached hydrogens (tertiary/aromatic N) is 2. The first-order chi connectivity index (χ1) is 14.7. The van der Waals surface area contributed by atoms with Gasteiger partial charge in [0.25, 0.3) is 0 Å². The topological polar surface area (TPSA) is 61.9 Å². The van der Waals surface area contributed by atoms with Crippen molar-refractivity contribution >= 4 is 17.6 Å². The molecule has 0 unspecified atom stereocenters. The van der Waals surface area contributed by atoms with Gasteiger partial charge < -0.3 is 19.9 Å². The molecule has 0 saturated heterocycles. The fraction of sp³-hybridized carbons (Fsp3) is 0.364. The van der Waals surface area contributed by atoms with E-state index in [4.69, 9.17) is 0 Å². The molecule has 3 amide bonds. The number of carbonyl (C=O) groups is 2. The third-order valence-electron chi connectivity index (χ3n) is 4.93. The van der Waals surface area contributed by atoms with Crippen molar-refractivity contribution in [2.24, 2.45) is 0 Å². The fourth-order valence-corrected chi connectivity index (χ4v) is 3.51. The van der Waals surface area contributed by atoms with E-state index in [1.165, 1.54) is 23.1 Å². The number of alkyl halides is 3. The summed E-state index contributed by atoms with van der Waals surface area (Å²) in [6, 6.07) is 13.3. The molecular weight excluding hydrogens is 411 g/mol. The summed E-state index contributed by atoms with van der Waals surface area (Å²) in [6.45, 7) is 1.09. The van der Waals surface area contributed by atoms with Crippen molar-refractivity contribution in [2.45, 2.75) is 32.2 Å². The molecule has 1 heterocycles. The highest BCUT2D eigenvalue weighted by Gasteiger charge is 2.32. The summed E-state index contributed by atoms with van der Waals surface area (Å²) < 4.78 is 41.3. The van der Waals surface area contributed by atoms with Crippen molar-refractivity contribution in [3.05, 3.63) is 59.7 Å². The predicted octanol–water partition coefficient (Wildman–Crippen LogP) is 4.10. The lowest BCUT2D eigenvalue weighted by molar-refractivity contribution is -0.274. The van der Waals surface area contributed by atoms with Gasteiger partial charge in [0, 0.05) is 38.8 Å².